The van der Waals surface area contributed by atoms with Crippen molar-refractivity contribution in [3.8, 4) is 23.0 Å². The van der Waals surface area contributed by atoms with E-state index in [0.717, 1.165) is 38.5 Å². The van der Waals surface area contributed by atoms with Gasteiger partial charge < -0.3 is 67.0 Å². The van der Waals surface area contributed by atoms with Crippen LogP contribution in [-0.2, 0) is 42.7 Å². The molecular formula is C53H70N4O18. The monoisotopic (exact) mass is 1050 g/mol. The van der Waals surface area contributed by atoms with Crippen molar-refractivity contribution in [2.45, 2.75) is 127 Å². The number of nitrogens with zero attached hydrogens (tertiary/aromatic N) is 4. The summed E-state index contributed by atoms with van der Waals surface area (Å²) in [7, 11) is 4.26. The number of hydrogen-bond acceptors (Lipinski definition) is 17. The number of carbonyl (C=O) groups is 6. The van der Waals surface area contributed by atoms with Gasteiger partial charge in [-0.05, 0) is 89.2 Å². The Morgan fingerprint density at radius 2 is 1.08 bits per heavy atom. The quantitative estimate of drug-likeness (QED) is 0.0597. The van der Waals surface area contributed by atoms with Crippen LogP contribution in [-0.4, -0.2) is 162 Å². The summed E-state index contributed by atoms with van der Waals surface area (Å²) in [6.45, 7) is 9.74. The number of anilines is 2. The number of carboxylic acid groups (broad SMARTS) is 1. The van der Waals surface area contributed by atoms with Gasteiger partial charge in [-0.2, -0.15) is 0 Å². The van der Waals surface area contributed by atoms with Gasteiger partial charge in [0.25, 0.3) is 11.8 Å². The lowest BCUT2D eigenvalue weighted by Gasteiger charge is -2.38. The van der Waals surface area contributed by atoms with Gasteiger partial charge in [0.15, 0.2) is 48.0 Å². The fourth-order valence-electron chi connectivity index (χ4n) is 9.96. The summed E-state index contributed by atoms with van der Waals surface area (Å²) in [5.41, 5.74) is 1.10. The SMILES string of the molecule is C=CCOC(=O)N1c2cc(OCCCC(=O)O)c(OC)cc2C(=O)N2CCC[C@H]2C1OC1CCCCO1.C=CCOC(=O)N1c2cc(OCCCC(=O)OC)c(OC)cc2C(=O)N2CCC[C@H]2C1OC1CCCCO1. The van der Waals surface area contributed by atoms with Gasteiger partial charge in [-0.1, -0.05) is 25.3 Å². The Morgan fingerprint density at radius 3 is 1.47 bits per heavy atom. The third kappa shape index (κ3) is 13.6. The molecule has 0 radical (unpaired) electrons. The van der Waals surface area contributed by atoms with Crippen molar-refractivity contribution in [3.63, 3.8) is 0 Å². The Balaban J connectivity index is 0.000000219. The molecule has 75 heavy (non-hydrogen) atoms. The molecule has 2 aromatic carbocycles. The highest BCUT2D eigenvalue weighted by Gasteiger charge is 2.49. The second-order valence-corrected chi connectivity index (χ2v) is 18.4. The summed E-state index contributed by atoms with van der Waals surface area (Å²) in [4.78, 5) is 83.2. The molecule has 410 valence electrons. The summed E-state index contributed by atoms with van der Waals surface area (Å²) >= 11 is 0. The zero-order chi connectivity index (χ0) is 53.4. The smallest absolute Gasteiger partial charge is 0.416 e. The second-order valence-electron chi connectivity index (χ2n) is 18.4. The number of rotatable bonds is 20. The molecule has 0 saturated carbocycles. The Labute approximate surface area is 436 Å². The number of carboxylic acids is 1. The minimum absolute atomic E-state index is 0.00726. The van der Waals surface area contributed by atoms with Gasteiger partial charge in [-0.3, -0.25) is 19.2 Å². The van der Waals surface area contributed by atoms with Crippen molar-refractivity contribution in [3.05, 3.63) is 60.7 Å². The van der Waals surface area contributed by atoms with Crippen LogP contribution in [0.2, 0.25) is 0 Å². The summed E-state index contributed by atoms with van der Waals surface area (Å²) < 4.78 is 62.9. The number of benzene rings is 2. The van der Waals surface area contributed by atoms with Crippen molar-refractivity contribution >= 4 is 47.3 Å². The molecule has 4 amide bonds. The Kier molecular flexibility index (Phi) is 20.4. The molecule has 4 saturated heterocycles. The molecule has 0 spiro atoms. The Morgan fingerprint density at radius 1 is 0.627 bits per heavy atom. The molecular weight excluding hydrogens is 981 g/mol. The predicted molar refractivity (Wildman–Crippen MR) is 268 cm³/mol. The van der Waals surface area contributed by atoms with Gasteiger partial charge >= 0.3 is 24.1 Å². The fraction of sp³-hybridized carbons (Fsp3) is 0.585. The predicted octanol–water partition coefficient (Wildman–Crippen LogP) is 7.20. The van der Waals surface area contributed by atoms with Gasteiger partial charge in [-0.25, -0.2) is 19.4 Å². The molecule has 8 rings (SSSR count). The average Bonchev–Trinajstić information content (AvgIpc) is 4.11. The van der Waals surface area contributed by atoms with Crippen molar-refractivity contribution in [1.82, 2.24) is 9.80 Å². The van der Waals surface area contributed by atoms with E-state index in [-0.39, 0.29) is 92.1 Å². The van der Waals surface area contributed by atoms with Crippen LogP contribution in [0.1, 0.15) is 111 Å². The maximum absolute atomic E-state index is 13.8. The molecule has 2 aromatic rings. The van der Waals surface area contributed by atoms with Gasteiger partial charge in [-0.15, -0.1) is 0 Å². The van der Waals surface area contributed by atoms with E-state index in [0.29, 0.717) is 81.3 Å². The molecule has 0 aromatic heterocycles. The van der Waals surface area contributed by atoms with Gasteiger partial charge in [0, 0.05) is 51.3 Å². The molecule has 6 atom stereocenters. The van der Waals surface area contributed by atoms with Crippen LogP contribution in [0, 0.1) is 0 Å². The zero-order valence-corrected chi connectivity index (χ0v) is 43.1. The molecule has 22 nitrogen and oxygen atoms in total. The van der Waals surface area contributed by atoms with Gasteiger partial charge in [0.2, 0.25) is 0 Å². The van der Waals surface area contributed by atoms with E-state index in [1.165, 1.54) is 43.3 Å². The Bertz CT molecular complexity index is 2350. The average molecular weight is 1050 g/mol. The number of ether oxygens (including phenoxy) is 11. The highest BCUT2D eigenvalue weighted by Crippen LogP contribution is 2.45. The standard InChI is InChI=1S/C27H36N2O9.C26H34N2O9/c1-4-13-37-27(32)29-20-17-22(35-15-8-10-23(30)34-3)21(33-2)16-18(20)25(31)28-12-7-9-19(28)26(29)38-24-11-5-6-14-36-24;1-3-12-36-26(32)28-19-16-21(34-14-7-9-22(29)30)20(33-2)15-17(19)24(31)27-11-6-8-18(27)25(28)37-23-10-4-5-13-35-23/h4,16-17,19,24,26H,1,5-15H2,2-3H3;3,15-16,18,23,25H,1,4-14H2,2H3,(H,29,30)/t19-,24?,26?;18-,23?,25?/m00/s1. The molecule has 4 unspecified atom stereocenters. The highest BCUT2D eigenvalue weighted by atomic mass is 16.7. The third-order valence-electron chi connectivity index (χ3n) is 13.5. The Hall–Kier alpha value is -6.62. The number of methoxy groups -OCH3 is 3. The van der Waals surface area contributed by atoms with Crippen LogP contribution in [0.5, 0.6) is 23.0 Å². The van der Waals surface area contributed by atoms with Crippen LogP contribution in [0.25, 0.3) is 0 Å². The lowest BCUT2D eigenvalue weighted by molar-refractivity contribution is -0.195. The zero-order valence-electron chi connectivity index (χ0n) is 43.1. The van der Waals surface area contributed by atoms with Crippen LogP contribution in [0.4, 0.5) is 21.0 Å². The van der Waals surface area contributed by atoms with Crippen LogP contribution in [0.3, 0.4) is 0 Å². The minimum Gasteiger partial charge on any atom is -0.493 e. The van der Waals surface area contributed by atoms with Crippen molar-refractivity contribution < 1.29 is 86.0 Å². The van der Waals surface area contributed by atoms with E-state index >= 15 is 0 Å². The van der Waals surface area contributed by atoms with Crippen molar-refractivity contribution in [2.75, 3.05) is 83.9 Å². The number of aliphatic carboxylic acids is 1. The van der Waals surface area contributed by atoms with Crippen LogP contribution in [0.15, 0.2) is 49.6 Å². The van der Waals surface area contributed by atoms with Crippen LogP contribution < -0.4 is 28.7 Å². The number of esters is 1. The molecule has 6 aliphatic rings. The normalized spacial score (nSPS) is 22.9. The summed E-state index contributed by atoms with van der Waals surface area (Å²) in [6.07, 6.45) is 7.73. The second kappa shape index (κ2) is 27.3. The molecule has 1 N–H and O–H groups in total. The summed E-state index contributed by atoms with van der Waals surface area (Å²) in [5.74, 6) is -0.510. The number of fused-ring (bicyclic) bond motifs is 4. The molecule has 0 bridgehead atoms. The lowest BCUT2D eigenvalue weighted by atomic mass is 10.1. The minimum atomic E-state index is -0.926. The van der Waals surface area contributed by atoms with E-state index in [4.69, 9.17) is 52.5 Å². The first kappa shape index (κ1) is 56.1. The van der Waals surface area contributed by atoms with Gasteiger partial charge in [0.1, 0.15) is 13.2 Å². The highest BCUT2D eigenvalue weighted by molar-refractivity contribution is 6.07. The van der Waals surface area contributed by atoms with E-state index in [9.17, 15) is 28.8 Å². The molecule has 0 aliphatic carbocycles. The number of carbonyl (C=O) groups excluding carboxylic acids is 5. The molecule has 6 aliphatic heterocycles. The third-order valence-corrected chi connectivity index (χ3v) is 13.5. The molecule has 22 heteroatoms. The van der Waals surface area contributed by atoms with Gasteiger partial charge in [0.05, 0.1) is 69.1 Å². The fourth-order valence-corrected chi connectivity index (χ4v) is 9.96. The first-order valence-electron chi connectivity index (χ1n) is 25.7. The van der Waals surface area contributed by atoms with Crippen molar-refractivity contribution in [1.29, 1.82) is 0 Å². The first-order valence-corrected chi connectivity index (χ1v) is 25.7. The van der Waals surface area contributed by atoms with E-state index < -0.39 is 49.2 Å². The molecule has 4 fully saturated rings. The van der Waals surface area contributed by atoms with E-state index in [2.05, 4.69) is 17.9 Å². The summed E-state index contributed by atoms with van der Waals surface area (Å²) in [5, 5.41) is 8.93. The van der Waals surface area contributed by atoms with Crippen LogP contribution >= 0.6 is 0 Å². The van der Waals surface area contributed by atoms with E-state index in [1.807, 2.05) is 0 Å². The number of amides is 4. The van der Waals surface area contributed by atoms with E-state index in [1.54, 1.807) is 34.1 Å². The number of hydrogen-bond donors (Lipinski definition) is 1. The topological polar surface area (TPSA) is 237 Å². The molecule has 6 heterocycles. The first-order chi connectivity index (χ1) is 36.4. The van der Waals surface area contributed by atoms with Crippen molar-refractivity contribution in [2.24, 2.45) is 0 Å². The maximum Gasteiger partial charge on any atom is 0.416 e. The largest absolute Gasteiger partial charge is 0.493 e. The maximum atomic E-state index is 13.8. The lowest BCUT2D eigenvalue weighted by Crippen LogP contribution is -2.54. The summed E-state index contributed by atoms with van der Waals surface area (Å²) in [6, 6.07) is 5.50.